The Morgan fingerprint density at radius 2 is 1.15 bits per heavy atom. The predicted octanol–water partition coefficient (Wildman–Crippen LogP) is 12.3. The molecule has 0 amide bonds. The van der Waals surface area contributed by atoms with Crippen LogP contribution in [0.4, 0.5) is 17.1 Å². The molecule has 0 N–H and O–H groups in total. The van der Waals surface area contributed by atoms with E-state index >= 15 is 0 Å². The van der Waals surface area contributed by atoms with Crippen LogP contribution in [0.2, 0.25) is 0 Å². The number of hydrogen-bond donors (Lipinski definition) is 0. The van der Waals surface area contributed by atoms with Crippen molar-refractivity contribution >= 4 is 82.5 Å². The van der Waals surface area contributed by atoms with Gasteiger partial charge in [0.05, 0.1) is 11.9 Å². The molecule has 0 spiro atoms. The molecule has 10 aromatic rings. The Balaban J connectivity index is 1.27. The molecule has 220 valence electrons. The third-order valence-electron chi connectivity index (χ3n) is 9.32. The van der Waals surface area contributed by atoms with Crippen molar-refractivity contribution in [2.24, 2.45) is 0 Å². The van der Waals surface area contributed by atoms with Crippen LogP contribution in [0.1, 0.15) is 0 Å². The second-order valence-corrected chi connectivity index (χ2v) is 12.0. The van der Waals surface area contributed by atoms with E-state index in [0.717, 1.165) is 88.0 Å². The van der Waals surface area contributed by atoms with Crippen LogP contribution in [0.3, 0.4) is 0 Å². The molecule has 4 nitrogen and oxygen atoms in total. The van der Waals surface area contributed by atoms with Crippen molar-refractivity contribution in [3.63, 3.8) is 0 Å². The fourth-order valence-electron chi connectivity index (χ4n) is 7.14. The molecule has 3 heterocycles. The van der Waals surface area contributed by atoms with Crippen molar-refractivity contribution in [1.82, 2.24) is 4.98 Å². The Hall–Kier alpha value is -6.39. The second-order valence-electron chi connectivity index (χ2n) is 12.0. The number of benzene rings is 7. The maximum atomic E-state index is 6.61. The average molecular weight is 603 g/mol. The Morgan fingerprint density at radius 1 is 0.447 bits per heavy atom. The van der Waals surface area contributed by atoms with E-state index in [4.69, 9.17) is 8.83 Å². The molecule has 3 aromatic heterocycles. The minimum absolute atomic E-state index is 0.791. The van der Waals surface area contributed by atoms with Crippen LogP contribution >= 0.6 is 0 Å². The first kappa shape index (κ1) is 25.9. The van der Waals surface area contributed by atoms with Crippen molar-refractivity contribution in [2.45, 2.75) is 0 Å². The van der Waals surface area contributed by atoms with E-state index in [1.165, 1.54) is 5.56 Å². The highest BCUT2D eigenvalue weighted by Crippen LogP contribution is 2.45. The lowest BCUT2D eigenvalue weighted by atomic mass is 9.98. The molecule has 0 aliphatic rings. The predicted molar refractivity (Wildman–Crippen MR) is 194 cm³/mol. The first-order valence-corrected chi connectivity index (χ1v) is 15.8. The lowest BCUT2D eigenvalue weighted by molar-refractivity contribution is 0.669. The number of aromatic nitrogens is 1. The normalized spacial score (nSPS) is 11.8. The van der Waals surface area contributed by atoms with Crippen molar-refractivity contribution < 1.29 is 8.83 Å². The first-order valence-electron chi connectivity index (χ1n) is 15.8. The van der Waals surface area contributed by atoms with Gasteiger partial charge in [0.25, 0.3) is 0 Å². The highest BCUT2D eigenvalue weighted by atomic mass is 16.3. The molecule has 0 radical (unpaired) electrons. The molecule has 0 unspecified atom stereocenters. The van der Waals surface area contributed by atoms with Crippen LogP contribution in [0.15, 0.2) is 167 Å². The van der Waals surface area contributed by atoms with Gasteiger partial charge in [-0.25, -0.2) is 0 Å². The number of anilines is 3. The van der Waals surface area contributed by atoms with E-state index in [-0.39, 0.29) is 0 Å². The maximum absolute atomic E-state index is 6.61. The van der Waals surface area contributed by atoms with Crippen LogP contribution in [0.25, 0.3) is 76.5 Å². The number of fused-ring (bicyclic) bond motifs is 10. The fraction of sp³-hybridized carbons (Fsp3) is 0. The Morgan fingerprint density at radius 3 is 2.11 bits per heavy atom. The standard InChI is InChI=1S/C43H26N2O2/c1-2-8-27(9-3-1)30-10-6-11-31(24-30)45(38-14-7-13-35-33-12-4-5-15-39(33)46-42(35)38)32-20-18-28-16-17-29-19-21-36-34-22-23-44-26-40(34)47-43(36)41(29)37(28)25-32/h1-26H. The molecule has 7 aromatic carbocycles. The fourth-order valence-corrected chi connectivity index (χ4v) is 7.14. The third kappa shape index (κ3) is 3.98. The summed E-state index contributed by atoms with van der Waals surface area (Å²) in [6.07, 6.45) is 3.62. The zero-order chi connectivity index (χ0) is 30.9. The Labute approximate surface area is 269 Å². The summed E-state index contributed by atoms with van der Waals surface area (Å²) in [4.78, 5) is 6.63. The summed E-state index contributed by atoms with van der Waals surface area (Å²) in [5, 5.41) is 8.85. The van der Waals surface area contributed by atoms with Crippen molar-refractivity contribution in [1.29, 1.82) is 0 Å². The minimum atomic E-state index is 0.791. The van der Waals surface area contributed by atoms with Crippen molar-refractivity contribution in [3.05, 3.63) is 158 Å². The van der Waals surface area contributed by atoms with Gasteiger partial charge >= 0.3 is 0 Å². The van der Waals surface area contributed by atoms with Gasteiger partial charge in [0, 0.05) is 44.5 Å². The minimum Gasteiger partial charge on any atom is -0.454 e. The van der Waals surface area contributed by atoms with Crippen LogP contribution in [0, 0.1) is 0 Å². The Kier molecular flexibility index (Phi) is 5.54. The molecule has 0 atom stereocenters. The van der Waals surface area contributed by atoms with E-state index in [1.807, 2.05) is 24.4 Å². The SMILES string of the molecule is c1ccc(-c2cccc(N(c3ccc4ccc5ccc6c7ccncc7oc6c5c4c3)c3cccc4c3oc3ccccc34)c2)cc1. The first-order chi connectivity index (χ1) is 23.3. The van der Waals surface area contributed by atoms with E-state index < -0.39 is 0 Å². The van der Waals surface area contributed by atoms with Crippen LogP contribution in [-0.2, 0) is 0 Å². The Bertz CT molecular complexity index is 2810. The topological polar surface area (TPSA) is 42.4 Å². The van der Waals surface area contributed by atoms with E-state index in [9.17, 15) is 0 Å². The van der Waals surface area contributed by atoms with E-state index in [2.05, 4.69) is 137 Å². The summed E-state index contributed by atoms with van der Waals surface area (Å²) in [5.41, 5.74) is 8.75. The summed E-state index contributed by atoms with van der Waals surface area (Å²) in [6.45, 7) is 0. The molecule has 4 heteroatoms. The van der Waals surface area contributed by atoms with Gasteiger partial charge in [-0.15, -0.1) is 0 Å². The van der Waals surface area contributed by atoms with Gasteiger partial charge in [0.1, 0.15) is 11.2 Å². The summed E-state index contributed by atoms with van der Waals surface area (Å²) in [7, 11) is 0. The molecule has 0 aliphatic heterocycles. The summed E-state index contributed by atoms with van der Waals surface area (Å²) in [5.74, 6) is 0. The third-order valence-corrected chi connectivity index (χ3v) is 9.32. The van der Waals surface area contributed by atoms with Gasteiger partial charge in [0.15, 0.2) is 11.2 Å². The molecule has 47 heavy (non-hydrogen) atoms. The summed E-state index contributed by atoms with van der Waals surface area (Å²) < 4.78 is 13.1. The van der Waals surface area contributed by atoms with Gasteiger partial charge in [-0.1, -0.05) is 97.1 Å². The van der Waals surface area contributed by atoms with E-state index in [1.54, 1.807) is 6.20 Å². The largest absolute Gasteiger partial charge is 0.454 e. The molecule has 0 bridgehead atoms. The lowest BCUT2D eigenvalue weighted by Gasteiger charge is -2.26. The van der Waals surface area contributed by atoms with Crippen molar-refractivity contribution in [3.8, 4) is 11.1 Å². The van der Waals surface area contributed by atoms with Crippen LogP contribution in [-0.4, -0.2) is 4.98 Å². The van der Waals surface area contributed by atoms with Crippen LogP contribution in [0.5, 0.6) is 0 Å². The highest BCUT2D eigenvalue weighted by Gasteiger charge is 2.21. The lowest BCUT2D eigenvalue weighted by Crippen LogP contribution is -2.10. The maximum Gasteiger partial charge on any atom is 0.159 e. The van der Waals surface area contributed by atoms with Gasteiger partial charge in [-0.3, -0.25) is 4.98 Å². The molecule has 10 rings (SSSR count). The number of rotatable bonds is 4. The quantitative estimate of drug-likeness (QED) is 0.188. The molecule has 0 saturated heterocycles. The van der Waals surface area contributed by atoms with Gasteiger partial charge in [-0.05, 0) is 75.8 Å². The molecule has 0 saturated carbocycles. The molecule has 0 fully saturated rings. The second kappa shape index (κ2) is 10.1. The molecular weight excluding hydrogens is 576 g/mol. The van der Waals surface area contributed by atoms with Crippen LogP contribution < -0.4 is 4.90 Å². The number of hydrogen-bond acceptors (Lipinski definition) is 4. The molecule has 0 aliphatic carbocycles. The van der Waals surface area contributed by atoms with Gasteiger partial charge in [0.2, 0.25) is 0 Å². The monoisotopic (exact) mass is 602 g/mol. The summed E-state index contributed by atoms with van der Waals surface area (Å²) >= 11 is 0. The van der Waals surface area contributed by atoms with E-state index in [0.29, 0.717) is 0 Å². The summed E-state index contributed by atoms with van der Waals surface area (Å²) in [6, 6.07) is 51.4. The highest BCUT2D eigenvalue weighted by molar-refractivity contribution is 6.23. The number of nitrogens with zero attached hydrogens (tertiary/aromatic N) is 2. The number of para-hydroxylation sites is 2. The molecular formula is C43H26N2O2. The van der Waals surface area contributed by atoms with Gasteiger partial charge < -0.3 is 13.7 Å². The van der Waals surface area contributed by atoms with Crippen molar-refractivity contribution in [2.75, 3.05) is 4.90 Å². The van der Waals surface area contributed by atoms with Gasteiger partial charge in [-0.2, -0.15) is 0 Å². The smallest absolute Gasteiger partial charge is 0.159 e. The zero-order valence-electron chi connectivity index (χ0n) is 25.2. The number of furan rings is 2. The number of pyridine rings is 1. The average Bonchev–Trinajstić information content (AvgIpc) is 3.71. The zero-order valence-corrected chi connectivity index (χ0v) is 25.2.